The predicted octanol–water partition coefficient (Wildman–Crippen LogP) is 7.04. The molecule has 0 saturated carbocycles. The van der Waals surface area contributed by atoms with Gasteiger partial charge in [0.2, 0.25) is 0 Å². The van der Waals surface area contributed by atoms with Crippen LogP contribution in [0.2, 0.25) is 0 Å². The second kappa shape index (κ2) is 16.2. The minimum atomic E-state index is 0. The average molecular weight is 421 g/mol. The molecule has 1 atom stereocenters. The third kappa shape index (κ3) is 11.8. The molecule has 0 unspecified atom stereocenters. The van der Waals surface area contributed by atoms with E-state index in [-0.39, 0.29) is 28.2 Å². The van der Waals surface area contributed by atoms with Crippen LogP contribution in [0.25, 0.3) is 0 Å². The van der Waals surface area contributed by atoms with Gasteiger partial charge in [0.1, 0.15) is 0 Å². The van der Waals surface area contributed by atoms with Crippen LogP contribution in [0.15, 0.2) is 78.9 Å². The predicted molar refractivity (Wildman–Crippen MR) is 118 cm³/mol. The molecule has 2 heteroatoms. The van der Waals surface area contributed by atoms with Crippen LogP contribution in [0.5, 0.6) is 0 Å². The van der Waals surface area contributed by atoms with Crippen molar-refractivity contribution in [2.45, 2.75) is 52.4 Å². The van der Waals surface area contributed by atoms with Gasteiger partial charge in [0, 0.05) is 0 Å². The van der Waals surface area contributed by atoms with Gasteiger partial charge in [-0.15, -0.1) is 6.42 Å². The first-order chi connectivity index (χ1) is 13.1. The summed E-state index contributed by atoms with van der Waals surface area (Å²) >= 11 is 0. The van der Waals surface area contributed by atoms with E-state index in [0.717, 1.165) is 11.1 Å². The van der Waals surface area contributed by atoms with Crippen molar-refractivity contribution in [3.8, 4) is 0 Å². The van der Waals surface area contributed by atoms with Crippen molar-refractivity contribution in [3.05, 3.63) is 97.3 Å². The molecule has 0 aromatic heterocycles. The first-order valence-electron chi connectivity index (χ1n) is 9.91. The van der Waals surface area contributed by atoms with Crippen molar-refractivity contribution in [3.63, 3.8) is 0 Å². The quantitative estimate of drug-likeness (QED) is 0.225. The van der Waals surface area contributed by atoms with Gasteiger partial charge in [-0.05, 0) is 31.0 Å². The SMILES string of the molecule is C=CC(=C)[C@@H](C)CC(=O)[CH-]Cc1ccccc1.C[CH-]CCC1=CCCC=C1.[Ni+2]. The summed E-state index contributed by atoms with van der Waals surface area (Å²) in [5, 5.41) is 0. The molecule has 1 aliphatic rings. The van der Waals surface area contributed by atoms with Crippen LogP contribution < -0.4 is 0 Å². The number of carbonyl (C=O) groups excluding carboxylic acids is 1. The summed E-state index contributed by atoms with van der Waals surface area (Å²) < 4.78 is 0. The van der Waals surface area contributed by atoms with Crippen LogP contribution in [0, 0.1) is 18.8 Å². The zero-order chi connectivity index (χ0) is 19.9. The minimum Gasteiger partial charge on any atom is -0.334 e. The summed E-state index contributed by atoms with van der Waals surface area (Å²) in [5.74, 6) is 0.344. The molecule has 2 rings (SSSR count). The summed E-state index contributed by atoms with van der Waals surface area (Å²) in [6, 6.07) is 9.99. The molecule has 1 nitrogen and oxygen atoms in total. The number of hydrogen-bond donors (Lipinski definition) is 0. The number of allylic oxidation sites excluding steroid dienone is 6. The number of benzene rings is 1. The molecule has 1 aromatic rings. The van der Waals surface area contributed by atoms with Gasteiger partial charge in [-0.25, -0.2) is 0 Å². The van der Waals surface area contributed by atoms with E-state index in [1.54, 1.807) is 12.5 Å². The average Bonchev–Trinajstić information content (AvgIpc) is 2.72. The maximum Gasteiger partial charge on any atom is 2.00 e. The van der Waals surface area contributed by atoms with E-state index in [4.69, 9.17) is 0 Å². The van der Waals surface area contributed by atoms with Crippen molar-refractivity contribution in [2.24, 2.45) is 5.92 Å². The zero-order valence-corrected chi connectivity index (χ0v) is 18.3. The molecular formula is C26H34NiO. The van der Waals surface area contributed by atoms with Crippen molar-refractivity contribution in [1.82, 2.24) is 0 Å². The Hall–Kier alpha value is -1.79. The third-order valence-electron chi connectivity index (χ3n) is 4.60. The maximum atomic E-state index is 11.7. The van der Waals surface area contributed by atoms with E-state index in [1.165, 1.54) is 31.3 Å². The minimum absolute atomic E-state index is 0. The molecule has 0 fully saturated rings. The normalized spacial score (nSPS) is 13.1. The first kappa shape index (κ1) is 26.2. The van der Waals surface area contributed by atoms with Crippen molar-refractivity contribution >= 4 is 5.78 Å². The zero-order valence-electron chi connectivity index (χ0n) is 17.3. The molecule has 0 saturated heterocycles. The van der Waals surface area contributed by atoms with Crippen LogP contribution in [0.3, 0.4) is 0 Å². The second-order valence-corrected chi connectivity index (χ2v) is 6.95. The molecule has 0 spiro atoms. The van der Waals surface area contributed by atoms with Gasteiger partial charge in [-0.2, -0.15) is 13.3 Å². The molecule has 0 heterocycles. The fraction of sp³-hybridized carbons (Fsp3) is 0.346. The Morgan fingerprint density at radius 1 is 1.25 bits per heavy atom. The molecule has 0 N–H and O–H groups in total. The van der Waals surface area contributed by atoms with Crippen LogP contribution in [-0.4, -0.2) is 5.78 Å². The summed E-state index contributed by atoms with van der Waals surface area (Å²) in [4.78, 5) is 11.7. The van der Waals surface area contributed by atoms with E-state index in [2.05, 4.69) is 44.7 Å². The van der Waals surface area contributed by atoms with E-state index < -0.39 is 0 Å². The Labute approximate surface area is 182 Å². The largest absolute Gasteiger partial charge is 2.00 e. The van der Waals surface area contributed by atoms with Crippen LogP contribution in [0.1, 0.15) is 51.5 Å². The van der Waals surface area contributed by atoms with Gasteiger partial charge in [-0.1, -0.05) is 97.8 Å². The number of carbonyl (C=O) groups is 1. The van der Waals surface area contributed by atoms with Crippen LogP contribution in [0.4, 0.5) is 0 Å². The molecule has 154 valence electrons. The van der Waals surface area contributed by atoms with Crippen molar-refractivity contribution < 1.29 is 21.3 Å². The van der Waals surface area contributed by atoms with Crippen LogP contribution in [-0.2, 0) is 27.7 Å². The number of hydrogen-bond acceptors (Lipinski definition) is 1. The second-order valence-electron chi connectivity index (χ2n) is 6.95. The number of ketones is 1. The molecule has 0 aliphatic heterocycles. The van der Waals surface area contributed by atoms with Crippen molar-refractivity contribution in [1.29, 1.82) is 0 Å². The van der Waals surface area contributed by atoms with E-state index in [1.807, 2.05) is 37.3 Å². The fourth-order valence-corrected chi connectivity index (χ4v) is 2.73. The third-order valence-corrected chi connectivity index (χ3v) is 4.60. The summed E-state index contributed by atoms with van der Waals surface area (Å²) in [5.41, 5.74) is 3.60. The van der Waals surface area contributed by atoms with Gasteiger partial charge in [0.25, 0.3) is 0 Å². The Morgan fingerprint density at radius 3 is 2.54 bits per heavy atom. The Bertz CT molecular complexity index is 640. The van der Waals surface area contributed by atoms with Gasteiger partial charge in [0.15, 0.2) is 0 Å². The Kier molecular flexibility index (Phi) is 15.2. The Morgan fingerprint density at radius 2 is 1.96 bits per heavy atom. The molecule has 0 radical (unpaired) electrons. The first-order valence-corrected chi connectivity index (χ1v) is 9.91. The van der Waals surface area contributed by atoms with Crippen LogP contribution >= 0.6 is 0 Å². The molecule has 28 heavy (non-hydrogen) atoms. The van der Waals surface area contributed by atoms with Gasteiger partial charge >= 0.3 is 16.5 Å². The van der Waals surface area contributed by atoms with E-state index >= 15 is 0 Å². The summed E-state index contributed by atoms with van der Waals surface area (Å²) in [7, 11) is 0. The monoisotopic (exact) mass is 420 g/mol. The van der Waals surface area contributed by atoms with Gasteiger partial charge < -0.3 is 17.6 Å². The smallest absolute Gasteiger partial charge is 0.334 e. The van der Waals surface area contributed by atoms with Crippen molar-refractivity contribution in [2.75, 3.05) is 0 Å². The molecule has 0 amide bonds. The number of Topliss-reactive ketones (excluding diaryl/α,β-unsaturated/α-hetero) is 1. The molecule has 0 bridgehead atoms. The van der Waals surface area contributed by atoms with E-state index in [9.17, 15) is 4.79 Å². The summed E-state index contributed by atoms with van der Waals surface area (Å²) in [6.07, 6.45) is 18.7. The molecule has 1 aliphatic carbocycles. The van der Waals surface area contributed by atoms with Gasteiger partial charge in [0.05, 0.1) is 0 Å². The standard InChI is InChI=1S/C16H19O.C10H15.Ni/c1-4-13(2)14(3)12-16(17)11-10-15-8-6-5-7-9-15;1-2-3-7-10-8-5-4-6-9-10;/h4-9,11,14H,1-2,10,12H2,3H3;2,5,8-9H,3-4,6-7H2,1H3;/q2*-1;+2/t14-;;/m0../s1. The summed E-state index contributed by atoms with van der Waals surface area (Å²) in [6.45, 7) is 11.6. The molecular weight excluding hydrogens is 387 g/mol. The number of rotatable bonds is 10. The maximum absolute atomic E-state index is 11.7. The molecule has 1 aromatic carbocycles. The van der Waals surface area contributed by atoms with E-state index in [0.29, 0.717) is 12.8 Å². The van der Waals surface area contributed by atoms with Gasteiger partial charge in [-0.3, -0.25) is 0 Å². The fourth-order valence-electron chi connectivity index (χ4n) is 2.73. The Balaban J connectivity index is 0.000000567. The number of unbranched alkanes of at least 4 members (excludes halogenated alkanes) is 1. The topological polar surface area (TPSA) is 17.1 Å².